The molecule has 2 aromatic rings. The number of carbonyl (C=O) groups is 1. The Morgan fingerprint density at radius 3 is 2.82 bits per heavy atom. The molecule has 1 aromatic carbocycles. The molecule has 90 valence electrons. The molecule has 0 bridgehead atoms. The number of hydrogen-bond acceptors (Lipinski definition) is 2. The van der Waals surface area contributed by atoms with Crippen molar-refractivity contribution in [2.24, 2.45) is 0 Å². The molecule has 0 unspecified atom stereocenters. The minimum Gasteiger partial charge on any atom is -0.495 e. The molecule has 17 heavy (non-hydrogen) atoms. The number of hydrogen-bond donors (Lipinski definition) is 1. The summed E-state index contributed by atoms with van der Waals surface area (Å²) in [6, 6.07) is 7.68. The first kappa shape index (κ1) is 11.5. The zero-order valence-corrected chi connectivity index (χ0v) is 9.93. The predicted octanol–water partition coefficient (Wildman–Crippen LogP) is 2.30. The predicted molar refractivity (Wildman–Crippen MR) is 65.5 cm³/mol. The Labute approximate surface area is 99.4 Å². The number of nitrogens with zero attached hydrogens (tertiary/aromatic N) is 1. The van der Waals surface area contributed by atoms with Crippen molar-refractivity contribution in [2.45, 2.75) is 19.9 Å². The Morgan fingerprint density at radius 2 is 2.24 bits per heavy atom. The molecule has 0 saturated heterocycles. The van der Waals surface area contributed by atoms with Crippen LogP contribution in [0.4, 0.5) is 0 Å². The van der Waals surface area contributed by atoms with Gasteiger partial charge in [-0.15, -0.1) is 0 Å². The molecule has 0 amide bonds. The van der Waals surface area contributed by atoms with E-state index in [1.54, 1.807) is 7.11 Å². The molecule has 0 aliphatic heterocycles. The highest BCUT2D eigenvalue weighted by Crippen LogP contribution is 2.29. The lowest BCUT2D eigenvalue weighted by Crippen LogP contribution is -2.07. The van der Waals surface area contributed by atoms with E-state index in [2.05, 4.69) is 0 Å². The number of fused-ring (bicyclic) bond motifs is 1. The van der Waals surface area contributed by atoms with Gasteiger partial charge in [0.25, 0.3) is 0 Å². The highest BCUT2D eigenvalue weighted by molar-refractivity contribution is 5.88. The maximum absolute atomic E-state index is 10.8. The number of carboxylic acids is 1. The van der Waals surface area contributed by atoms with Crippen LogP contribution in [0.5, 0.6) is 5.75 Å². The summed E-state index contributed by atoms with van der Waals surface area (Å²) >= 11 is 0. The zero-order chi connectivity index (χ0) is 12.4. The summed E-state index contributed by atoms with van der Waals surface area (Å²) in [5, 5.41) is 9.91. The first-order valence-corrected chi connectivity index (χ1v) is 5.54. The Balaban J connectivity index is 2.67. The number of aromatic nitrogens is 1. The first-order chi connectivity index (χ1) is 8.17. The molecule has 0 aliphatic carbocycles. The van der Waals surface area contributed by atoms with Crippen molar-refractivity contribution in [1.82, 2.24) is 4.57 Å². The van der Waals surface area contributed by atoms with Crippen LogP contribution in [0.3, 0.4) is 0 Å². The maximum Gasteiger partial charge on any atom is 0.309 e. The lowest BCUT2D eigenvalue weighted by molar-refractivity contribution is -0.136. The molecule has 1 N–H and O–H groups in total. The molecule has 0 radical (unpaired) electrons. The van der Waals surface area contributed by atoms with Crippen molar-refractivity contribution >= 4 is 16.9 Å². The number of rotatable bonds is 4. The highest BCUT2D eigenvalue weighted by atomic mass is 16.5. The van der Waals surface area contributed by atoms with E-state index in [1.165, 1.54) is 0 Å². The number of aliphatic carboxylic acids is 1. The van der Waals surface area contributed by atoms with Crippen molar-refractivity contribution in [2.75, 3.05) is 7.11 Å². The molecule has 0 fully saturated rings. The summed E-state index contributed by atoms with van der Waals surface area (Å²) in [5.74, 6) is -0.0394. The molecular formula is C13H15NO3. The van der Waals surface area contributed by atoms with Gasteiger partial charge in [-0.25, -0.2) is 0 Å². The zero-order valence-electron chi connectivity index (χ0n) is 9.93. The molecule has 4 nitrogen and oxygen atoms in total. The van der Waals surface area contributed by atoms with Crippen molar-refractivity contribution in [3.63, 3.8) is 0 Å². The Bertz CT molecular complexity index is 557. The van der Waals surface area contributed by atoms with Crippen molar-refractivity contribution in [3.8, 4) is 5.75 Å². The fraction of sp³-hybridized carbons (Fsp3) is 0.308. The number of benzene rings is 1. The van der Waals surface area contributed by atoms with Gasteiger partial charge in [0.15, 0.2) is 0 Å². The summed E-state index contributed by atoms with van der Waals surface area (Å²) in [7, 11) is 1.62. The van der Waals surface area contributed by atoms with E-state index in [-0.39, 0.29) is 6.42 Å². The molecule has 0 aliphatic rings. The number of carboxylic acid groups (broad SMARTS) is 1. The van der Waals surface area contributed by atoms with Crippen LogP contribution in [0, 0.1) is 0 Å². The normalized spacial score (nSPS) is 10.7. The standard InChI is InChI=1S/C13H15NO3/c1-3-14-10(8-12(15)16)7-9-5-4-6-11(17-2)13(9)14/h4-7H,3,8H2,1-2H3,(H,15,16). The van der Waals surface area contributed by atoms with Crippen molar-refractivity contribution in [1.29, 1.82) is 0 Å². The van der Waals surface area contributed by atoms with Gasteiger partial charge in [0.2, 0.25) is 0 Å². The number of para-hydroxylation sites is 1. The minimum atomic E-state index is -0.818. The van der Waals surface area contributed by atoms with Crippen LogP contribution in [0.25, 0.3) is 10.9 Å². The van der Waals surface area contributed by atoms with Crippen LogP contribution >= 0.6 is 0 Å². The third-order valence-corrected chi connectivity index (χ3v) is 2.84. The average Bonchev–Trinajstić information content (AvgIpc) is 2.64. The second-order valence-corrected chi connectivity index (χ2v) is 3.85. The van der Waals surface area contributed by atoms with E-state index in [1.807, 2.05) is 35.8 Å². The fourth-order valence-electron chi connectivity index (χ4n) is 2.17. The van der Waals surface area contributed by atoms with Gasteiger partial charge in [0.05, 0.1) is 19.0 Å². The van der Waals surface area contributed by atoms with Crippen LogP contribution in [0.15, 0.2) is 24.3 Å². The monoisotopic (exact) mass is 233 g/mol. The Morgan fingerprint density at radius 1 is 1.47 bits per heavy atom. The third kappa shape index (κ3) is 1.98. The minimum absolute atomic E-state index is 0.0334. The Kier molecular flexibility index (Phi) is 3.04. The smallest absolute Gasteiger partial charge is 0.309 e. The van der Waals surface area contributed by atoms with Crippen molar-refractivity contribution in [3.05, 3.63) is 30.0 Å². The van der Waals surface area contributed by atoms with Gasteiger partial charge in [0, 0.05) is 17.6 Å². The molecule has 1 heterocycles. The lowest BCUT2D eigenvalue weighted by Gasteiger charge is -2.09. The topological polar surface area (TPSA) is 51.5 Å². The van der Waals surface area contributed by atoms with Crippen LogP contribution in [-0.4, -0.2) is 22.8 Å². The fourth-order valence-corrected chi connectivity index (χ4v) is 2.17. The Hall–Kier alpha value is -1.97. The average molecular weight is 233 g/mol. The molecule has 0 saturated carbocycles. The van der Waals surface area contributed by atoms with Gasteiger partial charge in [-0.2, -0.15) is 0 Å². The SMILES string of the molecule is CCn1c(CC(=O)O)cc2cccc(OC)c21. The summed E-state index contributed by atoms with van der Waals surface area (Å²) in [4.78, 5) is 10.8. The molecule has 0 spiro atoms. The van der Waals surface area contributed by atoms with E-state index in [0.717, 1.165) is 28.9 Å². The number of ether oxygens (including phenoxy) is 1. The second kappa shape index (κ2) is 4.49. The summed E-state index contributed by atoms with van der Waals surface area (Å²) in [6.45, 7) is 2.73. The van der Waals surface area contributed by atoms with E-state index >= 15 is 0 Å². The summed E-state index contributed by atoms with van der Waals surface area (Å²) in [6.07, 6.45) is 0.0334. The van der Waals surface area contributed by atoms with Gasteiger partial charge in [-0.05, 0) is 19.1 Å². The molecule has 2 rings (SSSR count). The highest BCUT2D eigenvalue weighted by Gasteiger charge is 2.13. The van der Waals surface area contributed by atoms with Gasteiger partial charge in [-0.1, -0.05) is 12.1 Å². The van der Waals surface area contributed by atoms with Crippen LogP contribution in [-0.2, 0) is 17.8 Å². The van der Waals surface area contributed by atoms with Gasteiger partial charge in [-0.3, -0.25) is 4.79 Å². The lowest BCUT2D eigenvalue weighted by atomic mass is 10.2. The maximum atomic E-state index is 10.8. The van der Waals surface area contributed by atoms with Crippen LogP contribution < -0.4 is 4.74 Å². The van der Waals surface area contributed by atoms with Crippen LogP contribution in [0.1, 0.15) is 12.6 Å². The van der Waals surface area contributed by atoms with E-state index in [9.17, 15) is 4.79 Å². The van der Waals surface area contributed by atoms with Gasteiger partial charge < -0.3 is 14.4 Å². The van der Waals surface area contributed by atoms with E-state index in [0.29, 0.717) is 0 Å². The molecule has 1 aromatic heterocycles. The van der Waals surface area contributed by atoms with Gasteiger partial charge in [0.1, 0.15) is 5.75 Å². The molecular weight excluding hydrogens is 218 g/mol. The van der Waals surface area contributed by atoms with Crippen LogP contribution in [0.2, 0.25) is 0 Å². The quantitative estimate of drug-likeness (QED) is 0.881. The third-order valence-electron chi connectivity index (χ3n) is 2.84. The molecule has 4 heteroatoms. The largest absolute Gasteiger partial charge is 0.495 e. The summed E-state index contributed by atoms with van der Waals surface area (Å²) < 4.78 is 7.31. The summed E-state index contributed by atoms with van der Waals surface area (Å²) in [5.41, 5.74) is 1.77. The van der Waals surface area contributed by atoms with E-state index < -0.39 is 5.97 Å². The first-order valence-electron chi connectivity index (χ1n) is 5.54. The van der Waals surface area contributed by atoms with E-state index in [4.69, 9.17) is 9.84 Å². The molecule has 0 atom stereocenters. The van der Waals surface area contributed by atoms with Crippen molar-refractivity contribution < 1.29 is 14.6 Å². The number of methoxy groups -OCH3 is 1. The second-order valence-electron chi connectivity index (χ2n) is 3.85. The van der Waals surface area contributed by atoms with Gasteiger partial charge >= 0.3 is 5.97 Å². The number of aryl methyl sites for hydroxylation is 1.